The van der Waals surface area contributed by atoms with Crippen molar-refractivity contribution in [1.82, 2.24) is 9.71 Å². The lowest BCUT2D eigenvalue weighted by molar-refractivity contribution is 0.129. The van der Waals surface area contributed by atoms with Crippen molar-refractivity contribution in [2.75, 3.05) is 31.6 Å². The van der Waals surface area contributed by atoms with Gasteiger partial charge in [-0.3, -0.25) is 0 Å². The fourth-order valence-electron chi connectivity index (χ4n) is 1.79. The van der Waals surface area contributed by atoms with Gasteiger partial charge in [-0.1, -0.05) is 6.92 Å². The zero-order valence-electron chi connectivity index (χ0n) is 12.3. The molecule has 0 amide bonds. The molecule has 1 saturated carbocycles. The third-order valence-corrected chi connectivity index (χ3v) is 4.65. The molecule has 1 aliphatic carbocycles. The Balaban J connectivity index is 1.82. The third kappa shape index (κ3) is 5.61. The second-order valence-electron chi connectivity index (χ2n) is 5.22. The van der Waals surface area contributed by atoms with Crippen molar-refractivity contribution in [3.05, 3.63) is 18.3 Å². The molecule has 2 N–H and O–H groups in total. The molecule has 7 heteroatoms. The number of nitrogens with one attached hydrogen (secondary N) is 2. The number of hydrogen-bond acceptors (Lipinski definition) is 5. The van der Waals surface area contributed by atoms with Gasteiger partial charge in [-0.25, -0.2) is 18.1 Å². The molecule has 1 heterocycles. The maximum Gasteiger partial charge on any atom is 0.240 e. The van der Waals surface area contributed by atoms with Crippen LogP contribution in [-0.2, 0) is 14.8 Å². The van der Waals surface area contributed by atoms with Gasteiger partial charge in [0.2, 0.25) is 10.0 Å². The van der Waals surface area contributed by atoms with Crippen LogP contribution in [0.4, 0.5) is 5.82 Å². The Morgan fingerprint density at radius 1 is 1.38 bits per heavy atom. The maximum atomic E-state index is 12.1. The highest BCUT2D eigenvalue weighted by atomic mass is 32.2. The molecule has 1 aromatic rings. The molecule has 1 aromatic heterocycles. The zero-order valence-corrected chi connectivity index (χ0v) is 13.2. The highest BCUT2D eigenvalue weighted by Gasteiger charge is 2.21. The van der Waals surface area contributed by atoms with E-state index in [4.69, 9.17) is 4.74 Å². The molecule has 21 heavy (non-hydrogen) atoms. The minimum atomic E-state index is -3.50. The first kappa shape index (κ1) is 16.2. The van der Waals surface area contributed by atoms with Gasteiger partial charge < -0.3 is 10.1 Å². The van der Waals surface area contributed by atoms with Crippen molar-refractivity contribution >= 4 is 15.8 Å². The summed E-state index contributed by atoms with van der Waals surface area (Å²) >= 11 is 0. The standard InChI is InChI=1S/C14H23N3O3S/c1-2-6-15-14-10-13(5-7-16-14)21(18,19)17-8-9-20-11-12-3-4-12/h5,7,10,12,17H,2-4,6,8-9,11H2,1H3,(H,15,16). The van der Waals surface area contributed by atoms with E-state index < -0.39 is 10.0 Å². The van der Waals surface area contributed by atoms with E-state index >= 15 is 0 Å². The van der Waals surface area contributed by atoms with Gasteiger partial charge >= 0.3 is 0 Å². The Kier molecular flexibility index (Phi) is 5.96. The molecule has 0 aliphatic heterocycles. The van der Waals surface area contributed by atoms with Crippen LogP contribution in [0.15, 0.2) is 23.2 Å². The fraction of sp³-hybridized carbons (Fsp3) is 0.643. The fourth-order valence-corrected chi connectivity index (χ4v) is 2.82. The molecule has 0 atom stereocenters. The van der Waals surface area contributed by atoms with E-state index in [-0.39, 0.29) is 11.4 Å². The lowest BCUT2D eigenvalue weighted by atomic mass is 10.4. The Morgan fingerprint density at radius 2 is 2.19 bits per heavy atom. The summed E-state index contributed by atoms with van der Waals surface area (Å²) in [4.78, 5) is 4.32. The zero-order chi connectivity index (χ0) is 15.1. The van der Waals surface area contributed by atoms with Gasteiger partial charge in [0.1, 0.15) is 5.82 Å². The summed E-state index contributed by atoms with van der Waals surface area (Å²) in [5.41, 5.74) is 0. The van der Waals surface area contributed by atoms with Crippen molar-refractivity contribution in [2.24, 2.45) is 5.92 Å². The number of anilines is 1. The second-order valence-corrected chi connectivity index (χ2v) is 6.99. The molecule has 6 nitrogen and oxygen atoms in total. The van der Waals surface area contributed by atoms with Crippen LogP contribution < -0.4 is 10.0 Å². The highest BCUT2D eigenvalue weighted by molar-refractivity contribution is 7.89. The van der Waals surface area contributed by atoms with Crippen LogP contribution in [0.3, 0.4) is 0 Å². The summed E-state index contributed by atoms with van der Waals surface area (Å²) in [6, 6.07) is 3.04. The van der Waals surface area contributed by atoms with E-state index in [9.17, 15) is 8.42 Å². The number of nitrogens with zero attached hydrogens (tertiary/aromatic N) is 1. The van der Waals surface area contributed by atoms with E-state index in [1.165, 1.54) is 25.1 Å². The summed E-state index contributed by atoms with van der Waals surface area (Å²) in [5.74, 6) is 1.26. The third-order valence-electron chi connectivity index (χ3n) is 3.19. The van der Waals surface area contributed by atoms with Crippen molar-refractivity contribution < 1.29 is 13.2 Å². The predicted molar refractivity (Wildman–Crippen MR) is 81.7 cm³/mol. The quantitative estimate of drug-likeness (QED) is 0.641. The first-order chi connectivity index (χ1) is 10.1. The number of aromatic nitrogens is 1. The first-order valence-electron chi connectivity index (χ1n) is 7.39. The molecule has 0 saturated heterocycles. The second kappa shape index (κ2) is 7.72. The van der Waals surface area contributed by atoms with Gasteiger partial charge in [-0.15, -0.1) is 0 Å². The monoisotopic (exact) mass is 313 g/mol. The number of ether oxygens (including phenoxy) is 1. The Labute approximate surface area is 126 Å². The minimum Gasteiger partial charge on any atom is -0.380 e. The molecule has 0 spiro atoms. The van der Waals surface area contributed by atoms with Crippen LogP contribution >= 0.6 is 0 Å². The van der Waals surface area contributed by atoms with E-state index in [2.05, 4.69) is 15.0 Å². The van der Waals surface area contributed by atoms with Gasteiger partial charge in [0.05, 0.1) is 11.5 Å². The molecule has 1 aliphatic rings. The smallest absolute Gasteiger partial charge is 0.240 e. The van der Waals surface area contributed by atoms with Gasteiger partial charge in [0, 0.05) is 32.0 Å². The van der Waals surface area contributed by atoms with Gasteiger partial charge in [0.15, 0.2) is 0 Å². The van der Waals surface area contributed by atoms with Crippen LogP contribution in [0.2, 0.25) is 0 Å². The van der Waals surface area contributed by atoms with Gasteiger partial charge in [-0.05, 0) is 31.2 Å². The highest BCUT2D eigenvalue weighted by Crippen LogP contribution is 2.28. The van der Waals surface area contributed by atoms with Crippen molar-refractivity contribution in [3.8, 4) is 0 Å². The van der Waals surface area contributed by atoms with Gasteiger partial charge in [-0.2, -0.15) is 0 Å². The largest absolute Gasteiger partial charge is 0.380 e. The summed E-state index contributed by atoms with van der Waals surface area (Å²) in [6.07, 6.45) is 4.91. The van der Waals surface area contributed by atoms with Crippen LogP contribution in [0.5, 0.6) is 0 Å². The SMILES string of the molecule is CCCNc1cc(S(=O)(=O)NCCOCC2CC2)ccn1. The number of sulfonamides is 1. The van der Waals surface area contributed by atoms with E-state index in [1.54, 1.807) is 6.07 Å². The molecule has 0 unspecified atom stereocenters. The molecular formula is C14H23N3O3S. The number of hydrogen-bond donors (Lipinski definition) is 2. The molecule has 1 fully saturated rings. The summed E-state index contributed by atoms with van der Waals surface area (Å²) < 4.78 is 32.2. The first-order valence-corrected chi connectivity index (χ1v) is 8.87. The van der Waals surface area contributed by atoms with Crippen molar-refractivity contribution in [2.45, 2.75) is 31.1 Å². The Bertz CT molecular complexity index is 544. The van der Waals surface area contributed by atoms with Crippen molar-refractivity contribution in [1.29, 1.82) is 0 Å². The summed E-state index contributed by atoms with van der Waals surface area (Å²) in [7, 11) is -3.50. The molecule has 2 rings (SSSR count). The molecule has 0 radical (unpaired) electrons. The van der Waals surface area contributed by atoms with Crippen LogP contribution in [-0.4, -0.2) is 39.7 Å². The lowest BCUT2D eigenvalue weighted by Crippen LogP contribution is -2.27. The van der Waals surface area contributed by atoms with Crippen molar-refractivity contribution in [3.63, 3.8) is 0 Å². The van der Waals surface area contributed by atoms with Crippen LogP contribution in [0.25, 0.3) is 0 Å². The predicted octanol–water partition coefficient (Wildman–Crippen LogP) is 1.61. The lowest BCUT2D eigenvalue weighted by Gasteiger charge is -2.09. The van der Waals surface area contributed by atoms with E-state index in [0.29, 0.717) is 18.3 Å². The average molecular weight is 313 g/mol. The maximum absolute atomic E-state index is 12.1. The topological polar surface area (TPSA) is 80.3 Å². The van der Waals surface area contributed by atoms with E-state index in [1.807, 2.05) is 6.92 Å². The number of rotatable bonds is 10. The summed E-state index contributed by atoms with van der Waals surface area (Å²) in [5, 5.41) is 3.07. The average Bonchev–Trinajstić information content (AvgIpc) is 3.29. The Hall–Kier alpha value is -1.18. The molecule has 118 valence electrons. The normalized spacial score (nSPS) is 15.1. The van der Waals surface area contributed by atoms with E-state index in [0.717, 1.165) is 19.6 Å². The van der Waals surface area contributed by atoms with Crippen LogP contribution in [0.1, 0.15) is 26.2 Å². The van der Waals surface area contributed by atoms with Crippen LogP contribution in [0, 0.1) is 5.92 Å². The summed E-state index contributed by atoms with van der Waals surface area (Å²) in [6.45, 7) is 4.23. The molecule has 0 bridgehead atoms. The molecule has 0 aromatic carbocycles. The number of pyridine rings is 1. The minimum absolute atomic E-state index is 0.221. The Morgan fingerprint density at radius 3 is 2.90 bits per heavy atom. The van der Waals surface area contributed by atoms with Gasteiger partial charge in [0.25, 0.3) is 0 Å². The molecular weight excluding hydrogens is 290 g/mol.